The van der Waals surface area contributed by atoms with Crippen LogP contribution in [-0.2, 0) is 5.41 Å². The summed E-state index contributed by atoms with van der Waals surface area (Å²) in [6, 6.07) is 57.4. The van der Waals surface area contributed by atoms with Gasteiger partial charge in [-0.1, -0.05) is 176 Å². The van der Waals surface area contributed by atoms with Gasteiger partial charge in [-0.05, 0) is 59.0 Å². The highest BCUT2D eigenvalue weighted by Gasteiger charge is 2.47. The Morgan fingerprint density at radius 1 is 0.586 bits per heavy atom. The zero-order valence-corrected chi connectivity index (χ0v) is 31.8. The lowest BCUT2D eigenvalue weighted by atomic mass is 9.67. The van der Waals surface area contributed by atoms with Crippen LogP contribution in [0.2, 0.25) is 0 Å². The molecule has 1 aliphatic rings. The van der Waals surface area contributed by atoms with E-state index in [-0.39, 0.29) is 0 Å². The fourth-order valence-corrected chi connectivity index (χ4v) is 9.32. The van der Waals surface area contributed by atoms with Gasteiger partial charge in [-0.3, -0.25) is 4.57 Å². The lowest BCUT2D eigenvalue weighted by Crippen LogP contribution is -2.28. The molecule has 5 heteroatoms. The first-order valence-corrected chi connectivity index (χ1v) is 19.6. The molecule has 10 aromatic rings. The number of hydrogen-bond acceptors (Lipinski definition) is 4. The smallest absolute Gasteiger partial charge is 0.238 e. The molecule has 11 rings (SSSR count). The molecule has 1 atom stereocenters. The van der Waals surface area contributed by atoms with Gasteiger partial charge in [0.2, 0.25) is 5.95 Å². The van der Waals surface area contributed by atoms with Gasteiger partial charge in [0.1, 0.15) is 11.2 Å². The highest BCUT2D eigenvalue weighted by atomic mass is 16.3. The first-order valence-electron chi connectivity index (χ1n) is 19.6. The number of allylic oxidation sites excluding steroid dienone is 5. The Labute approximate surface area is 335 Å². The molecule has 0 radical (unpaired) electrons. The summed E-state index contributed by atoms with van der Waals surface area (Å²) in [4.78, 5) is 15.7. The van der Waals surface area contributed by atoms with Gasteiger partial charge >= 0.3 is 0 Å². The summed E-state index contributed by atoms with van der Waals surface area (Å²) in [6.45, 7) is 6.17. The SMILES string of the molecule is C=C/C=C\C=C(/C)C1(c2ccccc2)c2ccccc2-c2c1ccc1c2c2ccccc2n1-c1nc(-c2ccccc2)nc(-c2cccc3c2oc2ccccc23)n1. The summed E-state index contributed by atoms with van der Waals surface area (Å²) >= 11 is 0. The van der Waals surface area contributed by atoms with Crippen LogP contribution < -0.4 is 0 Å². The van der Waals surface area contributed by atoms with E-state index in [0.717, 1.165) is 54.9 Å². The summed E-state index contributed by atoms with van der Waals surface area (Å²) in [6.07, 6.45) is 8.13. The zero-order chi connectivity index (χ0) is 38.8. The number of nitrogens with zero attached hydrogens (tertiary/aromatic N) is 4. The van der Waals surface area contributed by atoms with Crippen LogP contribution in [0.25, 0.3) is 83.6 Å². The van der Waals surface area contributed by atoms with Crippen molar-refractivity contribution in [1.29, 1.82) is 0 Å². The maximum Gasteiger partial charge on any atom is 0.238 e. The van der Waals surface area contributed by atoms with Crippen LogP contribution in [0.1, 0.15) is 23.6 Å². The Balaban J connectivity index is 1.23. The molecule has 0 aliphatic heterocycles. The van der Waals surface area contributed by atoms with E-state index in [1.54, 1.807) is 0 Å². The molecular formula is C53H36N4O. The van der Waals surface area contributed by atoms with Crippen LogP contribution >= 0.6 is 0 Å². The van der Waals surface area contributed by atoms with Crippen molar-refractivity contribution in [3.8, 4) is 39.9 Å². The first-order chi connectivity index (χ1) is 28.7. The van der Waals surface area contributed by atoms with E-state index in [0.29, 0.717) is 17.6 Å². The number of para-hydroxylation sites is 3. The van der Waals surface area contributed by atoms with Crippen LogP contribution in [0, 0.1) is 0 Å². The van der Waals surface area contributed by atoms with Gasteiger partial charge in [0.25, 0.3) is 0 Å². The van der Waals surface area contributed by atoms with Crippen LogP contribution in [0.4, 0.5) is 0 Å². The van der Waals surface area contributed by atoms with E-state index < -0.39 is 5.41 Å². The second kappa shape index (κ2) is 13.2. The standard InChI is InChI=1S/C53H36N4O/c1-3-4-7-19-34(2)53(36-22-10-6-11-23-36)42-29-15-12-25-39(42)47-43(53)32-33-45-48(47)40-26-13-16-30-44(40)57(45)52-55-50(35-20-8-5-9-21-35)54-51(56-52)41-28-18-27-38-37-24-14-17-31-46(37)58-49(38)41/h3-33H,1H2,2H3/b7-4-,34-19+. The summed E-state index contributed by atoms with van der Waals surface area (Å²) in [5.74, 6) is 1.67. The summed E-state index contributed by atoms with van der Waals surface area (Å²) in [7, 11) is 0. The average molecular weight is 745 g/mol. The van der Waals surface area contributed by atoms with Crippen molar-refractivity contribution in [2.75, 3.05) is 0 Å². The summed E-state index contributed by atoms with van der Waals surface area (Å²) in [5.41, 5.74) is 12.2. The lowest BCUT2D eigenvalue weighted by molar-refractivity contribution is 0.669. The molecule has 0 spiro atoms. The van der Waals surface area contributed by atoms with Gasteiger partial charge in [-0.2, -0.15) is 9.97 Å². The van der Waals surface area contributed by atoms with Crippen molar-refractivity contribution in [2.24, 2.45) is 0 Å². The molecule has 1 unspecified atom stereocenters. The molecule has 0 fully saturated rings. The maximum absolute atomic E-state index is 6.52. The van der Waals surface area contributed by atoms with E-state index in [1.807, 2.05) is 66.7 Å². The Bertz CT molecular complexity index is 3320. The van der Waals surface area contributed by atoms with E-state index in [1.165, 1.54) is 33.4 Å². The molecule has 3 aromatic heterocycles. The fourth-order valence-electron chi connectivity index (χ4n) is 9.32. The quantitative estimate of drug-likeness (QED) is 0.153. The lowest BCUT2D eigenvalue weighted by Gasteiger charge is -2.34. The number of furan rings is 1. The molecule has 274 valence electrons. The molecule has 0 saturated carbocycles. The van der Waals surface area contributed by atoms with Gasteiger partial charge in [0.05, 0.1) is 22.0 Å². The topological polar surface area (TPSA) is 56.7 Å². The molecular weight excluding hydrogens is 709 g/mol. The highest BCUT2D eigenvalue weighted by Crippen LogP contribution is 2.59. The monoisotopic (exact) mass is 744 g/mol. The summed E-state index contributed by atoms with van der Waals surface area (Å²) < 4.78 is 8.73. The third-order valence-corrected chi connectivity index (χ3v) is 11.7. The van der Waals surface area contributed by atoms with Crippen molar-refractivity contribution in [3.05, 3.63) is 217 Å². The van der Waals surface area contributed by atoms with E-state index in [4.69, 9.17) is 19.4 Å². The minimum absolute atomic E-state index is 0.526. The van der Waals surface area contributed by atoms with Crippen molar-refractivity contribution in [2.45, 2.75) is 12.3 Å². The van der Waals surface area contributed by atoms with Crippen LogP contribution in [0.15, 0.2) is 205 Å². The van der Waals surface area contributed by atoms with Gasteiger partial charge in [0, 0.05) is 27.1 Å². The van der Waals surface area contributed by atoms with Crippen LogP contribution in [-0.4, -0.2) is 19.5 Å². The normalized spacial score (nSPS) is 15.2. The third-order valence-electron chi connectivity index (χ3n) is 11.7. The second-order valence-corrected chi connectivity index (χ2v) is 14.8. The Morgan fingerprint density at radius 2 is 1.28 bits per heavy atom. The van der Waals surface area contributed by atoms with Gasteiger partial charge in [-0.15, -0.1) is 0 Å². The molecule has 0 amide bonds. The zero-order valence-electron chi connectivity index (χ0n) is 31.8. The van der Waals surface area contributed by atoms with Crippen LogP contribution in [0.3, 0.4) is 0 Å². The van der Waals surface area contributed by atoms with Gasteiger partial charge < -0.3 is 4.42 Å². The van der Waals surface area contributed by atoms with Gasteiger partial charge in [-0.25, -0.2) is 4.98 Å². The highest BCUT2D eigenvalue weighted by molar-refractivity contribution is 6.18. The molecule has 1 aliphatic carbocycles. The molecule has 0 saturated heterocycles. The fraction of sp³-hybridized carbons (Fsp3) is 0.0377. The van der Waals surface area contributed by atoms with Crippen molar-refractivity contribution < 1.29 is 4.42 Å². The molecule has 0 N–H and O–H groups in total. The molecule has 5 nitrogen and oxygen atoms in total. The maximum atomic E-state index is 6.52. The van der Waals surface area contributed by atoms with Gasteiger partial charge in [0.15, 0.2) is 11.6 Å². The van der Waals surface area contributed by atoms with E-state index in [2.05, 4.69) is 139 Å². The van der Waals surface area contributed by atoms with Crippen molar-refractivity contribution >= 4 is 43.7 Å². The van der Waals surface area contributed by atoms with E-state index in [9.17, 15) is 0 Å². The first kappa shape index (κ1) is 33.7. The predicted octanol–water partition coefficient (Wildman–Crippen LogP) is 13.2. The minimum Gasteiger partial charge on any atom is -0.455 e. The minimum atomic E-state index is -0.526. The second-order valence-electron chi connectivity index (χ2n) is 14.8. The molecule has 3 heterocycles. The summed E-state index contributed by atoms with van der Waals surface area (Å²) in [5, 5.41) is 4.37. The third kappa shape index (κ3) is 4.86. The number of benzene rings is 7. The number of aromatic nitrogens is 4. The Morgan fingerprint density at radius 3 is 2.12 bits per heavy atom. The predicted molar refractivity (Wildman–Crippen MR) is 237 cm³/mol. The van der Waals surface area contributed by atoms with Crippen molar-refractivity contribution in [3.63, 3.8) is 0 Å². The average Bonchev–Trinajstić information content (AvgIpc) is 3.93. The van der Waals surface area contributed by atoms with E-state index >= 15 is 0 Å². The molecule has 58 heavy (non-hydrogen) atoms. The number of rotatable bonds is 7. The largest absolute Gasteiger partial charge is 0.455 e. The number of hydrogen-bond donors (Lipinski definition) is 0. The Kier molecular flexibility index (Phi) is 7.70. The molecule has 0 bridgehead atoms. The van der Waals surface area contributed by atoms with Crippen LogP contribution in [0.5, 0.6) is 0 Å². The Hall–Kier alpha value is -7.63. The molecule has 7 aromatic carbocycles. The van der Waals surface area contributed by atoms with Crippen molar-refractivity contribution in [1.82, 2.24) is 19.5 Å². The number of fused-ring (bicyclic) bond motifs is 10.